The van der Waals surface area contributed by atoms with Crippen LogP contribution < -0.4 is 20.1 Å². The highest BCUT2D eigenvalue weighted by Crippen LogP contribution is 2.22. The van der Waals surface area contributed by atoms with Gasteiger partial charge in [-0.3, -0.25) is 10.6 Å². The molecule has 0 aromatic heterocycles. The number of hydrogen-bond donors (Lipinski definition) is 2. The van der Waals surface area contributed by atoms with Gasteiger partial charge in [0.2, 0.25) is 0 Å². The first kappa shape index (κ1) is 32.0. The van der Waals surface area contributed by atoms with E-state index in [-0.39, 0.29) is 24.7 Å². The highest BCUT2D eigenvalue weighted by Gasteiger charge is 2.13. The van der Waals surface area contributed by atoms with Crippen molar-refractivity contribution in [1.29, 1.82) is 0 Å². The van der Waals surface area contributed by atoms with Crippen LogP contribution >= 0.6 is 0 Å². The molecule has 2 amide bonds. The Hall–Kier alpha value is -6.42. The molecule has 236 valence electrons. The van der Waals surface area contributed by atoms with E-state index in [1.165, 1.54) is 48.5 Å². The predicted octanol–water partition coefficient (Wildman–Crippen LogP) is 7.93. The Kier molecular flexibility index (Phi) is 10.6. The SMILES string of the molecule is Cc1ccc(NC(=O)Oc2ccc(C(=O)OCc3ccccc3)cc2)cc1NC(=O)Oc1ccc(C(=O)OCc2ccccc2)cc1. The maximum Gasteiger partial charge on any atom is 0.417 e. The molecule has 0 bridgehead atoms. The van der Waals surface area contributed by atoms with Gasteiger partial charge >= 0.3 is 24.1 Å². The van der Waals surface area contributed by atoms with Crippen molar-refractivity contribution < 1.29 is 38.1 Å². The molecule has 0 aliphatic heterocycles. The molecular formula is C37H30N2O8. The Morgan fingerprint density at radius 2 is 0.979 bits per heavy atom. The van der Waals surface area contributed by atoms with E-state index < -0.39 is 24.1 Å². The van der Waals surface area contributed by atoms with Crippen LogP contribution in [-0.4, -0.2) is 24.1 Å². The van der Waals surface area contributed by atoms with E-state index in [4.69, 9.17) is 18.9 Å². The summed E-state index contributed by atoms with van der Waals surface area (Å²) in [7, 11) is 0. The lowest BCUT2D eigenvalue weighted by Crippen LogP contribution is -2.19. The molecule has 0 saturated heterocycles. The molecule has 5 aromatic rings. The molecule has 2 N–H and O–H groups in total. The Balaban J connectivity index is 1.09. The number of carbonyl (C=O) groups is 4. The van der Waals surface area contributed by atoms with Gasteiger partial charge in [-0.25, -0.2) is 19.2 Å². The van der Waals surface area contributed by atoms with Crippen LogP contribution in [0.2, 0.25) is 0 Å². The van der Waals surface area contributed by atoms with E-state index in [1.807, 2.05) is 60.7 Å². The number of aryl methyl sites for hydroxylation is 1. The maximum absolute atomic E-state index is 12.6. The molecule has 0 spiro atoms. The van der Waals surface area contributed by atoms with Crippen molar-refractivity contribution in [2.75, 3.05) is 10.6 Å². The van der Waals surface area contributed by atoms with Crippen molar-refractivity contribution in [3.05, 3.63) is 155 Å². The molecule has 5 aromatic carbocycles. The number of anilines is 2. The molecule has 47 heavy (non-hydrogen) atoms. The fraction of sp³-hybridized carbons (Fsp3) is 0.0811. The van der Waals surface area contributed by atoms with Crippen LogP contribution in [0.3, 0.4) is 0 Å². The van der Waals surface area contributed by atoms with E-state index in [2.05, 4.69) is 10.6 Å². The summed E-state index contributed by atoms with van der Waals surface area (Å²) >= 11 is 0. The largest absolute Gasteiger partial charge is 0.457 e. The summed E-state index contributed by atoms with van der Waals surface area (Å²) in [4.78, 5) is 49.8. The van der Waals surface area contributed by atoms with Crippen LogP contribution in [0.25, 0.3) is 0 Å². The van der Waals surface area contributed by atoms with Crippen molar-refractivity contribution >= 4 is 35.5 Å². The number of ether oxygens (including phenoxy) is 4. The lowest BCUT2D eigenvalue weighted by Gasteiger charge is -2.12. The molecule has 0 fully saturated rings. The smallest absolute Gasteiger partial charge is 0.417 e. The second-order valence-corrected chi connectivity index (χ2v) is 10.2. The number of benzene rings is 5. The number of nitrogens with one attached hydrogen (secondary N) is 2. The van der Waals surface area contributed by atoms with Gasteiger partial charge in [0.15, 0.2) is 0 Å². The monoisotopic (exact) mass is 630 g/mol. The first-order valence-electron chi connectivity index (χ1n) is 14.5. The zero-order valence-electron chi connectivity index (χ0n) is 25.3. The molecule has 0 heterocycles. The van der Waals surface area contributed by atoms with E-state index in [1.54, 1.807) is 25.1 Å². The van der Waals surface area contributed by atoms with Crippen LogP contribution in [0.5, 0.6) is 11.5 Å². The Morgan fingerprint density at radius 1 is 0.532 bits per heavy atom. The minimum Gasteiger partial charge on any atom is -0.457 e. The van der Waals surface area contributed by atoms with E-state index in [0.717, 1.165) is 11.1 Å². The van der Waals surface area contributed by atoms with Crippen LogP contribution in [-0.2, 0) is 22.7 Å². The number of hydrogen-bond acceptors (Lipinski definition) is 8. The average molecular weight is 631 g/mol. The summed E-state index contributed by atoms with van der Waals surface area (Å²) in [6, 6.07) is 35.5. The zero-order chi connectivity index (χ0) is 33.0. The van der Waals surface area contributed by atoms with Gasteiger partial charge in [0.1, 0.15) is 24.7 Å². The van der Waals surface area contributed by atoms with Crippen molar-refractivity contribution in [3.63, 3.8) is 0 Å². The average Bonchev–Trinajstić information content (AvgIpc) is 3.09. The van der Waals surface area contributed by atoms with Gasteiger partial charge in [-0.15, -0.1) is 0 Å². The molecule has 0 aliphatic carbocycles. The first-order chi connectivity index (χ1) is 22.8. The summed E-state index contributed by atoms with van der Waals surface area (Å²) in [6.45, 7) is 2.07. The number of amides is 2. The van der Waals surface area contributed by atoms with Crippen LogP contribution in [0, 0.1) is 6.92 Å². The van der Waals surface area contributed by atoms with E-state index >= 15 is 0 Å². The third kappa shape index (κ3) is 9.53. The maximum atomic E-state index is 12.6. The Bertz CT molecular complexity index is 1840. The topological polar surface area (TPSA) is 129 Å². The number of carbonyl (C=O) groups excluding carboxylic acids is 4. The summed E-state index contributed by atoms with van der Waals surface area (Å²) < 4.78 is 21.3. The van der Waals surface area contributed by atoms with Crippen LogP contribution in [0.4, 0.5) is 21.0 Å². The van der Waals surface area contributed by atoms with Crippen molar-refractivity contribution in [1.82, 2.24) is 0 Å². The third-order valence-electron chi connectivity index (χ3n) is 6.75. The quantitative estimate of drug-likeness (QED) is 0.149. The second kappa shape index (κ2) is 15.5. The molecule has 0 unspecified atom stereocenters. The van der Waals surface area contributed by atoms with Gasteiger partial charge < -0.3 is 18.9 Å². The summed E-state index contributed by atoms with van der Waals surface area (Å²) in [6.07, 6.45) is -1.54. The highest BCUT2D eigenvalue weighted by molar-refractivity contribution is 5.92. The summed E-state index contributed by atoms with van der Waals surface area (Å²) in [5.74, 6) is -0.571. The van der Waals surface area contributed by atoms with Gasteiger partial charge in [-0.05, 0) is 84.3 Å². The fourth-order valence-electron chi connectivity index (χ4n) is 4.26. The third-order valence-corrected chi connectivity index (χ3v) is 6.75. The summed E-state index contributed by atoms with van der Waals surface area (Å²) in [5, 5.41) is 5.25. The van der Waals surface area contributed by atoms with Crippen LogP contribution in [0.1, 0.15) is 37.4 Å². The standard InChI is InChI=1S/C37H30N2O8/c1-25-12-17-30(38-36(42)46-31-18-13-28(14-19-31)34(40)44-23-26-8-4-2-5-9-26)22-33(25)39-37(43)47-32-20-15-29(16-21-32)35(41)45-24-27-10-6-3-7-11-27/h2-22H,23-24H2,1H3,(H,38,42)(H,39,43). The highest BCUT2D eigenvalue weighted by atomic mass is 16.6. The minimum atomic E-state index is -0.774. The Labute approximate surface area is 270 Å². The molecule has 0 saturated carbocycles. The zero-order valence-corrected chi connectivity index (χ0v) is 25.3. The fourth-order valence-corrected chi connectivity index (χ4v) is 4.26. The number of rotatable bonds is 10. The van der Waals surface area contributed by atoms with E-state index in [9.17, 15) is 19.2 Å². The molecule has 10 heteroatoms. The molecule has 10 nitrogen and oxygen atoms in total. The normalized spacial score (nSPS) is 10.3. The van der Waals surface area contributed by atoms with Gasteiger partial charge in [0.25, 0.3) is 0 Å². The molecule has 0 atom stereocenters. The van der Waals surface area contributed by atoms with Crippen molar-refractivity contribution in [3.8, 4) is 11.5 Å². The second-order valence-electron chi connectivity index (χ2n) is 10.2. The predicted molar refractivity (Wildman–Crippen MR) is 174 cm³/mol. The van der Waals surface area contributed by atoms with Crippen LogP contribution in [0.15, 0.2) is 127 Å². The van der Waals surface area contributed by atoms with Gasteiger partial charge in [0, 0.05) is 11.4 Å². The Morgan fingerprint density at radius 3 is 1.45 bits per heavy atom. The molecule has 0 aliphatic rings. The van der Waals surface area contributed by atoms with Crippen molar-refractivity contribution in [2.45, 2.75) is 20.1 Å². The molecule has 0 radical (unpaired) electrons. The lowest BCUT2D eigenvalue weighted by molar-refractivity contribution is 0.0464. The molecular weight excluding hydrogens is 600 g/mol. The minimum absolute atomic E-state index is 0.145. The first-order valence-corrected chi connectivity index (χ1v) is 14.5. The summed E-state index contributed by atoms with van der Waals surface area (Å²) in [5.41, 5.74) is 3.83. The van der Waals surface area contributed by atoms with Gasteiger partial charge in [0.05, 0.1) is 11.1 Å². The number of esters is 2. The lowest BCUT2D eigenvalue weighted by atomic mass is 10.2. The van der Waals surface area contributed by atoms with Gasteiger partial charge in [-0.2, -0.15) is 0 Å². The van der Waals surface area contributed by atoms with Crippen molar-refractivity contribution in [2.24, 2.45) is 0 Å². The molecule has 5 rings (SSSR count). The van der Waals surface area contributed by atoms with E-state index in [0.29, 0.717) is 28.1 Å². The van der Waals surface area contributed by atoms with Gasteiger partial charge in [-0.1, -0.05) is 66.7 Å².